The number of hydrogen-bond donors (Lipinski definition) is 1. The topological polar surface area (TPSA) is 96.8 Å². The monoisotopic (exact) mass is 271 g/mol. The van der Waals surface area contributed by atoms with Gasteiger partial charge in [0.1, 0.15) is 5.69 Å². The van der Waals surface area contributed by atoms with E-state index in [1.807, 2.05) is 19.9 Å². The Labute approximate surface area is 115 Å². The Hall–Kier alpha value is -2.88. The van der Waals surface area contributed by atoms with E-state index < -0.39 is 4.92 Å². The van der Waals surface area contributed by atoms with Gasteiger partial charge in [0.25, 0.3) is 5.69 Å². The number of rotatable bonds is 3. The standard InChI is InChI=1S/C13H13N5O2/c1-8-13(9(2)17(3)16-8)15-11-5-4-10(7-14)6-12(11)18(19)20/h4-6,15H,1-3H3. The first-order valence-corrected chi connectivity index (χ1v) is 5.89. The highest BCUT2D eigenvalue weighted by Crippen LogP contribution is 2.31. The number of nitro benzene ring substituents is 1. The van der Waals surface area contributed by atoms with Crippen LogP contribution < -0.4 is 5.32 Å². The molecule has 0 aliphatic carbocycles. The van der Waals surface area contributed by atoms with E-state index in [9.17, 15) is 10.1 Å². The first kappa shape index (κ1) is 13.5. The average molecular weight is 271 g/mol. The van der Waals surface area contributed by atoms with Crippen LogP contribution in [-0.4, -0.2) is 14.7 Å². The maximum atomic E-state index is 11.1. The molecule has 20 heavy (non-hydrogen) atoms. The molecule has 1 heterocycles. The lowest BCUT2D eigenvalue weighted by Crippen LogP contribution is -1.99. The molecule has 7 nitrogen and oxygen atoms in total. The molecule has 0 aliphatic rings. The average Bonchev–Trinajstić information content (AvgIpc) is 2.65. The van der Waals surface area contributed by atoms with Gasteiger partial charge in [-0.15, -0.1) is 0 Å². The van der Waals surface area contributed by atoms with E-state index >= 15 is 0 Å². The Bertz CT molecular complexity index is 727. The molecule has 0 bridgehead atoms. The van der Waals surface area contributed by atoms with Crippen molar-refractivity contribution >= 4 is 17.1 Å². The van der Waals surface area contributed by atoms with Crippen LogP contribution in [0.25, 0.3) is 0 Å². The van der Waals surface area contributed by atoms with Crippen molar-refractivity contribution in [1.29, 1.82) is 5.26 Å². The third kappa shape index (κ3) is 2.31. The lowest BCUT2D eigenvalue weighted by Gasteiger charge is -2.07. The summed E-state index contributed by atoms with van der Waals surface area (Å²) in [5.41, 5.74) is 2.83. The molecule has 1 N–H and O–H groups in total. The summed E-state index contributed by atoms with van der Waals surface area (Å²) in [6.45, 7) is 3.70. The molecule has 0 amide bonds. The normalized spacial score (nSPS) is 10.1. The molecule has 2 aromatic rings. The molecule has 0 atom stereocenters. The molecule has 1 aromatic heterocycles. The van der Waals surface area contributed by atoms with E-state index in [1.54, 1.807) is 11.7 Å². The lowest BCUT2D eigenvalue weighted by molar-refractivity contribution is -0.383. The molecule has 0 saturated carbocycles. The van der Waals surface area contributed by atoms with Crippen molar-refractivity contribution in [3.05, 3.63) is 45.3 Å². The third-order valence-corrected chi connectivity index (χ3v) is 3.09. The van der Waals surface area contributed by atoms with Crippen molar-refractivity contribution < 1.29 is 4.92 Å². The predicted octanol–water partition coefficient (Wildman–Crippen LogP) is 2.56. The van der Waals surface area contributed by atoms with Crippen molar-refractivity contribution in [3.8, 4) is 6.07 Å². The second kappa shape index (κ2) is 5.01. The number of nitriles is 1. The van der Waals surface area contributed by atoms with Gasteiger partial charge in [-0.2, -0.15) is 10.4 Å². The summed E-state index contributed by atoms with van der Waals surface area (Å²) in [5.74, 6) is 0. The minimum Gasteiger partial charge on any atom is -0.347 e. The minimum absolute atomic E-state index is 0.133. The summed E-state index contributed by atoms with van der Waals surface area (Å²) in [5, 5.41) is 27.2. The largest absolute Gasteiger partial charge is 0.347 e. The second-order valence-electron chi connectivity index (χ2n) is 4.40. The number of nitrogens with zero attached hydrogens (tertiary/aromatic N) is 4. The minimum atomic E-state index is -0.510. The van der Waals surface area contributed by atoms with Gasteiger partial charge >= 0.3 is 0 Å². The van der Waals surface area contributed by atoms with Gasteiger partial charge in [-0.1, -0.05) is 0 Å². The fourth-order valence-electron chi connectivity index (χ4n) is 1.95. The van der Waals surface area contributed by atoms with Crippen LogP contribution in [0.2, 0.25) is 0 Å². The second-order valence-corrected chi connectivity index (χ2v) is 4.40. The third-order valence-electron chi connectivity index (χ3n) is 3.09. The van der Waals surface area contributed by atoms with E-state index in [4.69, 9.17) is 5.26 Å². The van der Waals surface area contributed by atoms with E-state index in [-0.39, 0.29) is 11.3 Å². The summed E-state index contributed by atoms with van der Waals surface area (Å²) in [6.07, 6.45) is 0. The van der Waals surface area contributed by atoms with Crippen molar-refractivity contribution in [3.63, 3.8) is 0 Å². The van der Waals surface area contributed by atoms with E-state index in [0.29, 0.717) is 5.69 Å². The first-order chi connectivity index (χ1) is 9.43. The lowest BCUT2D eigenvalue weighted by atomic mass is 10.1. The molecular weight excluding hydrogens is 258 g/mol. The van der Waals surface area contributed by atoms with Crippen molar-refractivity contribution in [2.24, 2.45) is 7.05 Å². The fraction of sp³-hybridized carbons (Fsp3) is 0.231. The zero-order chi connectivity index (χ0) is 14.9. The molecule has 0 spiro atoms. The van der Waals surface area contributed by atoms with Crippen LogP contribution in [0.5, 0.6) is 0 Å². The van der Waals surface area contributed by atoms with Gasteiger partial charge < -0.3 is 5.32 Å². The van der Waals surface area contributed by atoms with Crippen molar-refractivity contribution in [2.75, 3.05) is 5.32 Å². The zero-order valence-electron chi connectivity index (χ0n) is 11.3. The van der Waals surface area contributed by atoms with Crippen LogP contribution in [0.1, 0.15) is 17.0 Å². The van der Waals surface area contributed by atoms with Crippen LogP contribution in [0, 0.1) is 35.3 Å². The van der Waals surface area contributed by atoms with Crippen LogP contribution in [-0.2, 0) is 7.05 Å². The smallest absolute Gasteiger partial charge is 0.293 e. The van der Waals surface area contributed by atoms with E-state index in [1.165, 1.54) is 18.2 Å². The molecule has 1 aromatic carbocycles. The predicted molar refractivity (Wildman–Crippen MR) is 73.8 cm³/mol. The Kier molecular flexibility index (Phi) is 3.39. The molecule has 0 fully saturated rings. The quantitative estimate of drug-likeness (QED) is 0.683. The molecular formula is C13H13N5O2. The number of anilines is 2. The number of nitro groups is 1. The Balaban J connectivity index is 2.49. The highest BCUT2D eigenvalue weighted by Gasteiger charge is 2.17. The van der Waals surface area contributed by atoms with Crippen LogP contribution in [0.15, 0.2) is 18.2 Å². The Morgan fingerprint density at radius 3 is 2.65 bits per heavy atom. The number of aromatic nitrogens is 2. The molecule has 0 unspecified atom stereocenters. The van der Waals surface area contributed by atoms with Crippen molar-refractivity contribution in [2.45, 2.75) is 13.8 Å². The van der Waals surface area contributed by atoms with E-state index in [0.717, 1.165) is 17.1 Å². The summed E-state index contributed by atoms with van der Waals surface area (Å²) in [6, 6.07) is 6.21. The molecule has 7 heteroatoms. The Morgan fingerprint density at radius 1 is 1.45 bits per heavy atom. The molecule has 0 aliphatic heterocycles. The number of aryl methyl sites for hydroxylation is 2. The highest BCUT2D eigenvalue weighted by atomic mass is 16.6. The summed E-state index contributed by atoms with van der Waals surface area (Å²) in [7, 11) is 1.81. The highest BCUT2D eigenvalue weighted by molar-refractivity contribution is 5.73. The Morgan fingerprint density at radius 2 is 2.15 bits per heavy atom. The van der Waals surface area contributed by atoms with Crippen LogP contribution >= 0.6 is 0 Å². The first-order valence-electron chi connectivity index (χ1n) is 5.89. The van der Waals surface area contributed by atoms with Crippen LogP contribution in [0.3, 0.4) is 0 Å². The number of hydrogen-bond acceptors (Lipinski definition) is 5. The van der Waals surface area contributed by atoms with Gasteiger partial charge in [0, 0.05) is 13.1 Å². The van der Waals surface area contributed by atoms with Gasteiger partial charge in [0.15, 0.2) is 0 Å². The maximum absolute atomic E-state index is 11.1. The number of benzene rings is 1. The molecule has 102 valence electrons. The molecule has 0 radical (unpaired) electrons. The van der Waals surface area contributed by atoms with Gasteiger partial charge in [0.2, 0.25) is 0 Å². The fourth-order valence-corrected chi connectivity index (χ4v) is 1.95. The van der Waals surface area contributed by atoms with Gasteiger partial charge in [0.05, 0.1) is 33.6 Å². The number of nitrogens with one attached hydrogen (secondary N) is 1. The summed E-state index contributed by atoms with van der Waals surface area (Å²) < 4.78 is 1.70. The van der Waals surface area contributed by atoms with Crippen molar-refractivity contribution in [1.82, 2.24) is 9.78 Å². The SMILES string of the molecule is Cc1nn(C)c(C)c1Nc1ccc(C#N)cc1[N+](=O)[O-]. The molecule has 0 saturated heterocycles. The van der Waals surface area contributed by atoms with E-state index in [2.05, 4.69) is 10.4 Å². The van der Waals surface area contributed by atoms with Crippen LogP contribution in [0.4, 0.5) is 17.1 Å². The summed E-state index contributed by atoms with van der Waals surface area (Å²) in [4.78, 5) is 10.6. The van der Waals surface area contributed by atoms with Gasteiger partial charge in [-0.05, 0) is 26.0 Å². The maximum Gasteiger partial charge on any atom is 0.293 e. The van der Waals surface area contributed by atoms with Gasteiger partial charge in [-0.25, -0.2) is 0 Å². The van der Waals surface area contributed by atoms with Gasteiger partial charge in [-0.3, -0.25) is 14.8 Å². The summed E-state index contributed by atoms with van der Waals surface area (Å²) >= 11 is 0. The molecule has 2 rings (SSSR count). The zero-order valence-corrected chi connectivity index (χ0v) is 11.3.